The lowest BCUT2D eigenvalue weighted by Crippen LogP contribution is -2.12. The van der Waals surface area contributed by atoms with Crippen LogP contribution in [0.25, 0.3) is 0 Å². The molecule has 0 radical (unpaired) electrons. The number of hydrogen-bond donors (Lipinski definition) is 1. The third-order valence-corrected chi connectivity index (χ3v) is 3.95. The Morgan fingerprint density at radius 3 is 3.06 bits per heavy atom. The van der Waals surface area contributed by atoms with E-state index < -0.39 is 6.09 Å². The molecule has 1 aromatic rings. The molecule has 1 rings (SSSR count). The van der Waals surface area contributed by atoms with Crippen molar-refractivity contribution in [3.05, 3.63) is 11.1 Å². The number of thioether (sulfide) groups is 1. The molecule has 0 aromatic carbocycles. The summed E-state index contributed by atoms with van der Waals surface area (Å²) in [5.74, 6) is 0.716. The van der Waals surface area contributed by atoms with Crippen LogP contribution in [0, 0.1) is 0 Å². The Morgan fingerprint density at radius 2 is 2.44 bits per heavy atom. The van der Waals surface area contributed by atoms with Crippen molar-refractivity contribution in [2.45, 2.75) is 11.3 Å². The lowest BCUT2D eigenvalue weighted by Gasteiger charge is -1.99. The quantitative estimate of drug-likeness (QED) is 0.666. The summed E-state index contributed by atoms with van der Waals surface area (Å²) in [6.45, 7) is 5.78. The van der Waals surface area contributed by atoms with Crippen molar-refractivity contribution in [1.82, 2.24) is 10.2 Å². The Labute approximate surface area is 110 Å². The van der Waals surface area contributed by atoms with Crippen LogP contribution in [0.2, 0.25) is 0 Å². The van der Waals surface area contributed by atoms with E-state index in [9.17, 15) is 4.79 Å². The average Bonchev–Trinajstić information content (AvgIpc) is 2.63. The van der Waals surface area contributed by atoms with Gasteiger partial charge in [0.25, 0.3) is 0 Å². The molecule has 0 bridgehead atoms. The van der Waals surface area contributed by atoms with E-state index in [-0.39, 0.29) is 0 Å². The fourth-order valence-electron chi connectivity index (χ4n) is 0.713. The smallest absolute Gasteiger partial charge is 0.413 e. The molecule has 0 saturated heterocycles. The van der Waals surface area contributed by atoms with Gasteiger partial charge < -0.3 is 4.74 Å². The molecule has 0 aliphatic heterocycles. The van der Waals surface area contributed by atoms with Crippen LogP contribution in [0.3, 0.4) is 0 Å². The van der Waals surface area contributed by atoms with Gasteiger partial charge in [-0.1, -0.05) is 45.6 Å². The van der Waals surface area contributed by atoms with Crippen LogP contribution >= 0.6 is 39.0 Å². The summed E-state index contributed by atoms with van der Waals surface area (Å²) in [5.41, 5.74) is 0. The van der Waals surface area contributed by atoms with Crippen molar-refractivity contribution in [3.8, 4) is 0 Å². The van der Waals surface area contributed by atoms with Crippen molar-refractivity contribution in [1.29, 1.82) is 0 Å². The van der Waals surface area contributed by atoms with Crippen LogP contribution in [-0.2, 0) is 4.74 Å². The van der Waals surface area contributed by atoms with Gasteiger partial charge in [0, 0.05) is 5.75 Å². The Morgan fingerprint density at radius 1 is 1.69 bits per heavy atom. The molecule has 1 N–H and O–H groups in total. The van der Waals surface area contributed by atoms with E-state index >= 15 is 0 Å². The van der Waals surface area contributed by atoms with Crippen LogP contribution in [0.4, 0.5) is 9.93 Å². The molecule has 0 atom stereocenters. The van der Waals surface area contributed by atoms with Gasteiger partial charge in [-0.05, 0) is 11.4 Å². The van der Waals surface area contributed by atoms with Gasteiger partial charge >= 0.3 is 6.09 Å². The predicted octanol–water partition coefficient (Wildman–Crippen LogP) is 3.11. The molecular weight excluding hydrogens is 314 g/mol. The number of nitrogens with zero attached hydrogens (tertiary/aromatic N) is 2. The van der Waals surface area contributed by atoms with Gasteiger partial charge in [0.15, 0.2) is 4.34 Å². The third kappa shape index (κ3) is 4.95. The number of amides is 1. The molecule has 1 heterocycles. The maximum Gasteiger partial charge on any atom is 0.413 e. The molecule has 0 spiro atoms. The van der Waals surface area contributed by atoms with Gasteiger partial charge in [-0.2, -0.15) is 0 Å². The normalized spacial score (nSPS) is 9.88. The number of ether oxygens (including phenoxy) is 1. The van der Waals surface area contributed by atoms with Crippen molar-refractivity contribution >= 4 is 50.3 Å². The fourth-order valence-corrected chi connectivity index (χ4v) is 2.55. The first-order valence-corrected chi connectivity index (χ1v) is 6.94. The lowest BCUT2D eigenvalue weighted by molar-refractivity contribution is 0.168. The molecule has 88 valence electrons. The molecular formula is C8H10BrN3O2S2. The van der Waals surface area contributed by atoms with E-state index in [4.69, 9.17) is 4.74 Å². The summed E-state index contributed by atoms with van der Waals surface area (Å²) in [6.07, 6.45) is -0.514. The highest BCUT2D eigenvalue weighted by Crippen LogP contribution is 2.27. The highest BCUT2D eigenvalue weighted by Gasteiger charge is 2.08. The van der Waals surface area contributed by atoms with Gasteiger partial charge in [-0.25, -0.2) is 4.79 Å². The Bertz CT molecular complexity index is 383. The Hall–Kier alpha value is -0.600. The standard InChI is InChI=1S/C8H10BrN3O2S2/c1-3-14-7(13)10-6-11-12-8(16-6)15-4-5(2)9/h2-4H2,1H3,(H,10,11,13). The number of halogens is 1. The van der Waals surface area contributed by atoms with Gasteiger partial charge in [0.2, 0.25) is 5.13 Å². The summed E-state index contributed by atoms with van der Waals surface area (Å²) < 4.78 is 6.37. The summed E-state index contributed by atoms with van der Waals surface area (Å²) in [4.78, 5) is 11.1. The Balaban J connectivity index is 2.45. The van der Waals surface area contributed by atoms with Crippen molar-refractivity contribution < 1.29 is 9.53 Å². The zero-order valence-electron chi connectivity index (χ0n) is 8.53. The lowest BCUT2D eigenvalue weighted by atomic mass is 10.8. The molecule has 1 aromatic heterocycles. The number of rotatable bonds is 5. The molecule has 0 unspecified atom stereocenters. The Kier molecular flexibility index (Phi) is 5.78. The van der Waals surface area contributed by atoms with Crippen LogP contribution in [0.15, 0.2) is 15.4 Å². The zero-order chi connectivity index (χ0) is 12.0. The highest BCUT2D eigenvalue weighted by molar-refractivity contribution is 9.11. The number of aromatic nitrogens is 2. The minimum absolute atomic E-state index is 0.329. The van der Waals surface area contributed by atoms with Crippen molar-refractivity contribution in [3.63, 3.8) is 0 Å². The van der Waals surface area contributed by atoms with E-state index in [2.05, 4.69) is 38.0 Å². The van der Waals surface area contributed by atoms with Gasteiger partial charge in [-0.3, -0.25) is 5.32 Å². The summed E-state index contributed by atoms with van der Waals surface area (Å²) in [6, 6.07) is 0. The van der Waals surface area contributed by atoms with E-state index in [0.29, 0.717) is 17.5 Å². The van der Waals surface area contributed by atoms with Crippen molar-refractivity contribution in [2.75, 3.05) is 17.7 Å². The minimum Gasteiger partial charge on any atom is -0.450 e. The molecule has 16 heavy (non-hydrogen) atoms. The van der Waals surface area contributed by atoms with E-state index in [1.165, 1.54) is 23.1 Å². The molecule has 0 aliphatic carbocycles. The van der Waals surface area contributed by atoms with Crippen LogP contribution in [-0.4, -0.2) is 28.7 Å². The molecule has 5 nitrogen and oxygen atoms in total. The summed E-state index contributed by atoms with van der Waals surface area (Å²) in [5, 5.41) is 10.6. The second kappa shape index (κ2) is 6.87. The first kappa shape index (κ1) is 13.5. The number of hydrogen-bond acceptors (Lipinski definition) is 6. The maximum absolute atomic E-state index is 11.1. The average molecular weight is 324 g/mol. The number of carbonyl (C=O) groups excluding carboxylic acids is 1. The summed E-state index contributed by atoms with van der Waals surface area (Å²) >= 11 is 6.04. The van der Waals surface area contributed by atoms with Crippen LogP contribution in [0.5, 0.6) is 0 Å². The zero-order valence-corrected chi connectivity index (χ0v) is 11.7. The predicted molar refractivity (Wildman–Crippen MR) is 69.3 cm³/mol. The van der Waals surface area contributed by atoms with E-state index in [1.54, 1.807) is 6.92 Å². The molecule has 0 fully saturated rings. The van der Waals surface area contributed by atoms with Crippen LogP contribution < -0.4 is 5.32 Å². The maximum atomic E-state index is 11.1. The first-order valence-electron chi connectivity index (χ1n) is 4.35. The van der Waals surface area contributed by atoms with Gasteiger partial charge in [-0.15, -0.1) is 10.2 Å². The van der Waals surface area contributed by atoms with Gasteiger partial charge in [0.1, 0.15) is 0 Å². The molecule has 0 saturated carbocycles. The fraction of sp³-hybridized carbons (Fsp3) is 0.375. The monoisotopic (exact) mass is 323 g/mol. The molecule has 8 heteroatoms. The largest absolute Gasteiger partial charge is 0.450 e. The van der Waals surface area contributed by atoms with E-state index in [0.717, 1.165) is 8.82 Å². The first-order chi connectivity index (χ1) is 7.61. The molecule has 1 amide bonds. The third-order valence-electron chi connectivity index (χ3n) is 1.24. The SMILES string of the molecule is C=C(Br)CSc1nnc(NC(=O)OCC)s1. The molecule has 0 aliphatic rings. The number of anilines is 1. The number of nitrogens with one attached hydrogen (secondary N) is 1. The van der Waals surface area contributed by atoms with Crippen molar-refractivity contribution in [2.24, 2.45) is 0 Å². The second-order valence-corrected chi connectivity index (χ2v) is 5.85. The van der Waals surface area contributed by atoms with E-state index in [1.807, 2.05) is 0 Å². The minimum atomic E-state index is -0.514. The second-order valence-electron chi connectivity index (χ2n) is 2.52. The van der Waals surface area contributed by atoms with Crippen LogP contribution in [0.1, 0.15) is 6.92 Å². The van der Waals surface area contributed by atoms with Gasteiger partial charge in [0.05, 0.1) is 6.61 Å². The topological polar surface area (TPSA) is 64.1 Å². The number of carbonyl (C=O) groups is 1. The summed E-state index contributed by atoms with van der Waals surface area (Å²) in [7, 11) is 0. The highest BCUT2D eigenvalue weighted by atomic mass is 79.9.